The van der Waals surface area contributed by atoms with Gasteiger partial charge in [0, 0.05) is 4.47 Å². The first kappa shape index (κ1) is 10.1. The largest absolute Gasteiger partial charge is 0.480 e. The van der Waals surface area contributed by atoms with Gasteiger partial charge in [0.1, 0.15) is 5.25 Å². The molecule has 2 nitrogen and oxygen atoms in total. The summed E-state index contributed by atoms with van der Waals surface area (Å²) in [5.74, 6) is -0.777. The SMILES string of the molecule is C[C@H](Sc1sccc1Br)C(=O)O. The van der Waals surface area contributed by atoms with Crippen LogP contribution in [0.4, 0.5) is 0 Å². The Balaban J connectivity index is 2.64. The number of rotatable bonds is 3. The van der Waals surface area contributed by atoms with Crippen molar-refractivity contribution < 1.29 is 9.90 Å². The summed E-state index contributed by atoms with van der Waals surface area (Å²) in [7, 11) is 0. The summed E-state index contributed by atoms with van der Waals surface area (Å²) in [5.41, 5.74) is 0. The van der Waals surface area contributed by atoms with Gasteiger partial charge < -0.3 is 5.11 Å². The minimum Gasteiger partial charge on any atom is -0.480 e. The molecule has 0 aliphatic rings. The van der Waals surface area contributed by atoms with Crippen LogP contribution in [0.25, 0.3) is 0 Å². The van der Waals surface area contributed by atoms with Crippen molar-refractivity contribution in [3.63, 3.8) is 0 Å². The average molecular weight is 267 g/mol. The average Bonchev–Trinajstić information content (AvgIpc) is 2.36. The number of carboxylic acid groups (broad SMARTS) is 1. The van der Waals surface area contributed by atoms with Crippen molar-refractivity contribution in [3.05, 3.63) is 15.9 Å². The maximum atomic E-state index is 10.5. The Labute approximate surface area is 87.1 Å². The normalized spacial score (nSPS) is 12.8. The van der Waals surface area contributed by atoms with Crippen molar-refractivity contribution >= 4 is 45.0 Å². The van der Waals surface area contributed by atoms with E-state index in [0.717, 1.165) is 8.68 Å². The van der Waals surface area contributed by atoms with Gasteiger partial charge >= 0.3 is 5.97 Å². The summed E-state index contributed by atoms with van der Waals surface area (Å²) < 4.78 is 2.00. The molecule has 5 heteroatoms. The highest BCUT2D eigenvalue weighted by Gasteiger charge is 2.14. The summed E-state index contributed by atoms with van der Waals surface area (Å²) in [6.07, 6.45) is 0. The van der Waals surface area contributed by atoms with Gasteiger partial charge in [0.25, 0.3) is 0 Å². The molecule has 1 aromatic heterocycles. The third kappa shape index (κ3) is 2.50. The monoisotopic (exact) mass is 266 g/mol. The van der Waals surface area contributed by atoms with Crippen LogP contribution in [0.1, 0.15) is 6.92 Å². The van der Waals surface area contributed by atoms with Crippen LogP contribution in [-0.2, 0) is 4.79 Å². The first-order valence-corrected chi connectivity index (χ1v) is 5.79. The highest BCUT2D eigenvalue weighted by atomic mass is 79.9. The predicted octanol–water partition coefficient (Wildman–Crippen LogP) is 3.08. The molecule has 0 saturated carbocycles. The summed E-state index contributed by atoms with van der Waals surface area (Å²) in [5, 5.41) is 10.2. The molecular weight excluding hydrogens is 260 g/mol. The van der Waals surface area contributed by atoms with E-state index in [2.05, 4.69) is 15.9 Å². The molecule has 0 fully saturated rings. The molecule has 0 amide bonds. The Morgan fingerprint density at radius 2 is 2.50 bits per heavy atom. The minimum absolute atomic E-state index is 0.389. The lowest BCUT2D eigenvalue weighted by Crippen LogP contribution is -2.10. The fourth-order valence-corrected chi connectivity index (χ4v) is 3.38. The lowest BCUT2D eigenvalue weighted by Gasteiger charge is -2.02. The standard InChI is InChI=1S/C7H7BrO2S2/c1-4(6(9)10)12-7-5(8)2-3-11-7/h2-4H,1H3,(H,9,10)/t4-/m0/s1. The minimum atomic E-state index is -0.777. The number of hydrogen-bond acceptors (Lipinski definition) is 3. The Bertz CT molecular complexity index is 285. The Morgan fingerprint density at radius 3 is 2.92 bits per heavy atom. The zero-order valence-electron chi connectivity index (χ0n) is 6.28. The van der Waals surface area contributed by atoms with Gasteiger partial charge in [-0.3, -0.25) is 4.79 Å². The molecular formula is C7H7BrO2S2. The summed E-state index contributed by atoms with van der Waals surface area (Å²) in [4.78, 5) is 10.5. The molecule has 12 heavy (non-hydrogen) atoms. The van der Waals surface area contributed by atoms with Crippen LogP contribution in [0.15, 0.2) is 20.1 Å². The van der Waals surface area contributed by atoms with E-state index in [1.54, 1.807) is 18.3 Å². The van der Waals surface area contributed by atoms with E-state index in [4.69, 9.17) is 5.11 Å². The van der Waals surface area contributed by atoms with E-state index >= 15 is 0 Å². The first-order valence-electron chi connectivity index (χ1n) is 3.23. The smallest absolute Gasteiger partial charge is 0.316 e. The van der Waals surface area contributed by atoms with Crippen molar-refractivity contribution in [3.8, 4) is 0 Å². The highest BCUT2D eigenvalue weighted by molar-refractivity contribution is 9.10. The fraction of sp³-hybridized carbons (Fsp3) is 0.286. The Morgan fingerprint density at radius 1 is 1.83 bits per heavy atom. The van der Waals surface area contributed by atoms with Crippen LogP contribution >= 0.6 is 39.0 Å². The van der Waals surface area contributed by atoms with Gasteiger partial charge in [-0.1, -0.05) is 11.8 Å². The van der Waals surface area contributed by atoms with E-state index in [1.165, 1.54) is 11.8 Å². The molecule has 0 bridgehead atoms. The van der Waals surface area contributed by atoms with Crippen LogP contribution in [0.3, 0.4) is 0 Å². The number of carboxylic acids is 1. The Kier molecular flexibility index (Phi) is 3.61. The highest BCUT2D eigenvalue weighted by Crippen LogP contribution is 2.35. The molecule has 0 unspecified atom stereocenters. The van der Waals surface area contributed by atoms with E-state index in [1.807, 2.05) is 11.4 Å². The third-order valence-corrected chi connectivity index (χ3v) is 4.67. The zero-order valence-corrected chi connectivity index (χ0v) is 9.50. The summed E-state index contributed by atoms with van der Waals surface area (Å²) in [6, 6.07) is 1.92. The number of hydrogen-bond donors (Lipinski definition) is 1. The second-order valence-corrected chi connectivity index (χ2v) is 5.53. The second kappa shape index (κ2) is 4.30. The van der Waals surface area contributed by atoms with Crippen molar-refractivity contribution in [1.82, 2.24) is 0 Å². The molecule has 1 N–H and O–H groups in total. The predicted molar refractivity (Wildman–Crippen MR) is 55.0 cm³/mol. The fourth-order valence-electron chi connectivity index (χ4n) is 0.575. The van der Waals surface area contributed by atoms with E-state index in [0.29, 0.717) is 0 Å². The van der Waals surface area contributed by atoms with Gasteiger partial charge in [-0.2, -0.15) is 0 Å². The molecule has 0 aliphatic carbocycles. The molecule has 1 heterocycles. The number of halogens is 1. The molecule has 1 rings (SSSR count). The van der Waals surface area contributed by atoms with Crippen molar-refractivity contribution in [2.75, 3.05) is 0 Å². The molecule has 0 spiro atoms. The maximum absolute atomic E-state index is 10.5. The molecule has 1 atom stereocenters. The van der Waals surface area contributed by atoms with Gasteiger partial charge in [0.2, 0.25) is 0 Å². The number of carbonyl (C=O) groups is 1. The summed E-state index contributed by atoms with van der Waals surface area (Å²) in [6.45, 7) is 1.68. The number of aliphatic carboxylic acids is 1. The van der Waals surface area contributed by atoms with Gasteiger partial charge in [-0.05, 0) is 34.3 Å². The molecule has 0 aliphatic heterocycles. The van der Waals surface area contributed by atoms with Gasteiger partial charge in [0.15, 0.2) is 0 Å². The number of thioether (sulfide) groups is 1. The van der Waals surface area contributed by atoms with E-state index < -0.39 is 5.97 Å². The van der Waals surface area contributed by atoms with Crippen molar-refractivity contribution in [1.29, 1.82) is 0 Å². The molecule has 0 saturated heterocycles. The van der Waals surface area contributed by atoms with Crippen molar-refractivity contribution in [2.45, 2.75) is 16.4 Å². The van der Waals surface area contributed by atoms with Gasteiger partial charge in [-0.25, -0.2) is 0 Å². The number of thiophene rings is 1. The van der Waals surface area contributed by atoms with Crippen LogP contribution < -0.4 is 0 Å². The van der Waals surface area contributed by atoms with Crippen molar-refractivity contribution in [2.24, 2.45) is 0 Å². The Hall–Kier alpha value is -0.000000000000000111. The topological polar surface area (TPSA) is 37.3 Å². The lowest BCUT2D eigenvalue weighted by molar-refractivity contribution is -0.136. The van der Waals surface area contributed by atoms with E-state index in [-0.39, 0.29) is 5.25 Å². The zero-order chi connectivity index (χ0) is 9.14. The summed E-state index contributed by atoms with van der Waals surface area (Å²) >= 11 is 6.25. The molecule has 0 radical (unpaired) electrons. The van der Waals surface area contributed by atoms with Gasteiger partial charge in [0.05, 0.1) is 4.21 Å². The van der Waals surface area contributed by atoms with E-state index in [9.17, 15) is 4.79 Å². The second-order valence-electron chi connectivity index (χ2n) is 2.15. The maximum Gasteiger partial charge on any atom is 0.316 e. The lowest BCUT2D eigenvalue weighted by atomic mass is 10.5. The van der Waals surface area contributed by atoms with Crippen LogP contribution in [-0.4, -0.2) is 16.3 Å². The molecule has 1 aromatic rings. The quantitative estimate of drug-likeness (QED) is 0.855. The van der Waals surface area contributed by atoms with Crippen LogP contribution in [0.2, 0.25) is 0 Å². The van der Waals surface area contributed by atoms with Gasteiger partial charge in [-0.15, -0.1) is 11.3 Å². The molecule has 0 aromatic carbocycles. The first-order chi connectivity index (χ1) is 5.61. The van der Waals surface area contributed by atoms with Crippen LogP contribution in [0, 0.1) is 0 Å². The van der Waals surface area contributed by atoms with Crippen LogP contribution in [0.5, 0.6) is 0 Å². The molecule has 66 valence electrons. The third-order valence-electron chi connectivity index (χ3n) is 1.22.